The van der Waals surface area contributed by atoms with Crippen molar-refractivity contribution < 1.29 is 14.3 Å². The molecule has 5 heteroatoms. The van der Waals surface area contributed by atoms with Crippen molar-refractivity contribution in [3.63, 3.8) is 0 Å². The first kappa shape index (κ1) is 18.7. The van der Waals surface area contributed by atoms with E-state index in [1.165, 1.54) is 6.08 Å². The monoisotopic (exact) mass is 364 g/mol. The Morgan fingerprint density at radius 3 is 2.78 bits per heavy atom. The van der Waals surface area contributed by atoms with Gasteiger partial charge < -0.3 is 14.5 Å². The number of benzene rings is 2. The minimum Gasteiger partial charge on any atom is -0.497 e. The lowest BCUT2D eigenvalue weighted by Gasteiger charge is -2.30. The van der Waals surface area contributed by atoms with E-state index in [-0.39, 0.29) is 11.8 Å². The van der Waals surface area contributed by atoms with Crippen LogP contribution in [-0.4, -0.2) is 37.4 Å². The Labute approximate surface area is 159 Å². The highest BCUT2D eigenvalue weighted by Gasteiger charge is 2.26. The zero-order chi connectivity index (χ0) is 19.4. The van der Waals surface area contributed by atoms with E-state index in [0.29, 0.717) is 18.7 Å². The average Bonchev–Trinajstić information content (AvgIpc) is 2.71. The lowest BCUT2D eigenvalue weighted by Crippen LogP contribution is -2.35. The number of carbonyl (C=O) groups excluding carboxylic acids is 2. The summed E-state index contributed by atoms with van der Waals surface area (Å²) in [5.74, 6) is 0.580. The molecule has 2 aromatic rings. The van der Waals surface area contributed by atoms with Crippen LogP contribution in [0.15, 0.2) is 55.1 Å². The van der Waals surface area contributed by atoms with Gasteiger partial charge in [-0.25, -0.2) is 0 Å². The minimum atomic E-state index is -0.134. The second kappa shape index (κ2) is 8.08. The zero-order valence-corrected chi connectivity index (χ0v) is 15.8. The molecule has 0 radical (unpaired) electrons. The van der Waals surface area contributed by atoms with Crippen LogP contribution in [0.1, 0.15) is 27.9 Å². The van der Waals surface area contributed by atoms with Gasteiger partial charge in [-0.1, -0.05) is 24.8 Å². The maximum atomic E-state index is 13.1. The van der Waals surface area contributed by atoms with Gasteiger partial charge in [0.05, 0.1) is 7.11 Å². The standard InChI is InChI=1S/C22H24N2O3/c1-4-21(25)24-13-7-11-18-19(10-6-12-20(18)24)22(26)23(2)15-16-8-5-9-17(14-16)27-3/h4-6,8-10,12,14H,1,7,11,13,15H2,2-3H3. The van der Waals surface area contributed by atoms with Crippen LogP contribution >= 0.6 is 0 Å². The summed E-state index contributed by atoms with van der Waals surface area (Å²) in [4.78, 5) is 28.6. The third-order valence-electron chi connectivity index (χ3n) is 4.82. The van der Waals surface area contributed by atoms with E-state index in [2.05, 4.69) is 6.58 Å². The summed E-state index contributed by atoms with van der Waals surface area (Å²) in [6.07, 6.45) is 2.93. The van der Waals surface area contributed by atoms with Crippen LogP contribution in [0.5, 0.6) is 5.75 Å². The molecule has 0 aromatic heterocycles. The number of hydrogen-bond acceptors (Lipinski definition) is 3. The Balaban J connectivity index is 1.86. The summed E-state index contributed by atoms with van der Waals surface area (Å²) in [5.41, 5.74) is 3.39. The average molecular weight is 364 g/mol. The molecule has 5 nitrogen and oxygen atoms in total. The molecule has 1 aliphatic heterocycles. The highest BCUT2D eigenvalue weighted by Crippen LogP contribution is 2.31. The molecule has 1 heterocycles. The van der Waals surface area contributed by atoms with Crippen molar-refractivity contribution in [3.8, 4) is 5.75 Å². The van der Waals surface area contributed by atoms with Gasteiger partial charge in [0.25, 0.3) is 5.91 Å². The van der Waals surface area contributed by atoms with E-state index in [4.69, 9.17) is 4.74 Å². The lowest BCUT2D eigenvalue weighted by molar-refractivity contribution is -0.114. The first-order valence-corrected chi connectivity index (χ1v) is 8.99. The third kappa shape index (κ3) is 3.87. The Kier molecular flexibility index (Phi) is 5.60. The van der Waals surface area contributed by atoms with Crippen LogP contribution in [0, 0.1) is 0 Å². The number of hydrogen-bond donors (Lipinski definition) is 0. The molecule has 1 aliphatic rings. The number of ether oxygens (including phenoxy) is 1. The molecule has 0 bridgehead atoms. The summed E-state index contributed by atoms with van der Waals surface area (Å²) in [7, 11) is 3.41. The largest absolute Gasteiger partial charge is 0.497 e. The fourth-order valence-electron chi connectivity index (χ4n) is 3.49. The van der Waals surface area contributed by atoms with Crippen LogP contribution in [0.2, 0.25) is 0 Å². The highest BCUT2D eigenvalue weighted by molar-refractivity contribution is 6.04. The van der Waals surface area contributed by atoms with Gasteiger partial charge in [-0.05, 0) is 54.3 Å². The van der Waals surface area contributed by atoms with E-state index in [1.54, 1.807) is 24.0 Å². The van der Waals surface area contributed by atoms with Crippen molar-refractivity contribution in [2.45, 2.75) is 19.4 Å². The van der Waals surface area contributed by atoms with E-state index in [0.717, 1.165) is 35.4 Å². The predicted molar refractivity (Wildman–Crippen MR) is 106 cm³/mol. The number of rotatable bonds is 5. The summed E-state index contributed by atoms with van der Waals surface area (Å²) >= 11 is 0. The molecule has 0 spiro atoms. The molecule has 140 valence electrons. The van der Waals surface area contributed by atoms with Gasteiger partial charge in [-0.3, -0.25) is 9.59 Å². The molecular weight excluding hydrogens is 340 g/mol. The predicted octanol–water partition coefficient (Wildman–Crippen LogP) is 3.43. The smallest absolute Gasteiger partial charge is 0.254 e. The highest BCUT2D eigenvalue weighted by atomic mass is 16.5. The van der Waals surface area contributed by atoms with Crippen molar-refractivity contribution in [2.24, 2.45) is 0 Å². The van der Waals surface area contributed by atoms with Crippen molar-refractivity contribution >= 4 is 17.5 Å². The van der Waals surface area contributed by atoms with E-state index in [1.807, 2.05) is 42.5 Å². The molecule has 0 saturated carbocycles. The van der Waals surface area contributed by atoms with Gasteiger partial charge in [0.15, 0.2) is 0 Å². The molecule has 0 saturated heterocycles. The first-order valence-electron chi connectivity index (χ1n) is 8.99. The molecule has 0 N–H and O–H groups in total. The normalized spacial score (nSPS) is 12.9. The van der Waals surface area contributed by atoms with Gasteiger partial charge in [0.2, 0.25) is 5.91 Å². The van der Waals surface area contributed by atoms with Crippen molar-refractivity contribution in [1.82, 2.24) is 4.90 Å². The Morgan fingerprint density at radius 1 is 1.26 bits per heavy atom. The molecule has 0 unspecified atom stereocenters. The van der Waals surface area contributed by atoms with E-state index in [9.17, 15) is 9.59 Å². The Morgan fingerprint density at radius 2 is 2.04 bits per heavy atom. The van der Waals surface area contributed by atoms with Crippen LogP contribution in [-0.2, 0) is 17.8 Å². The molecule has 2 amide bonds. The van der Waals surface area contributed by atoms with E-state index < -0.39 is 0 Å². The van der Waals surface area contributed by atoms with Gasteiger partial charge in [0.1, 0.15) is 5.75 Å². The van der Waals surface area contributed by atoms with Gasteiger partial charge in [-0.2, -0.15) is 0 Å². The summed E-state index contributed by atoms with van der Waals surface area (Å²) in [5, 5.41) is 0. The Hall–Kier alpha value is -3.08. The SMILES string of the molecule is C=CC(=O)N1CCCc2c(C(=O)N(C)Cc3cccc(OC)c3)cccc21. The van der Waals surface area contributed by atoms with Crippen molar-refractivity contribution in [1.29, 1.82) is 0 Å². The maximum Gasteiger partial charge on any atom is 0.254 e. The number of fused-ring (bicyclic) bond motifs is 1. The quantitative estimate of drug-likeness (QED) is 0.764. The molecule has 2 aromatic carbocycles. The fourth-order valence-corrected chi connectivity index (χ4v) is 3.49. The summed E-state index contributed by atoms with van der Waals surface area (Å²) in [6, 6.07) is 13.3. The number of amides is 2. The summed E-state index contributed by atoms with van der Waals surface area (Å²) < 4.78 is 5.25. The second-order valence-electron chi connectivity index (χ2n) is 6.61. The number of carbonyl (C=O) groups is 2. The number of nitrogens with zero attached hydrogens (tertiary/aromatic N) is 2. The zero-order valence-electron chi connectivity index (χ0n) is 15.8. The van der Waals surface area contributed by atoms with Crippen LogP contribution in [0.3, 0.4) is 0 Å². The molecule has 0 fully saturated rings. The van der Waals surface area contributed by atoms with Crippen LogP contribution < -0.4 is 9.64 Å². The number of anilines is 1. The van der Waals surface area contributed by atoms with E-state index >= 15 is 0 Å². The van der Waals surface area contributed by atoms with Crippen LogP contribution in [0.4, 0.5) is 5.69 Å². The summed E-state index contributed by atoms with van der Waals surface area (Å²) in [6.45, 7) is 4.71. The number of methoxy groups -OCH3 is 1. The topological polar surface area (TPSA) is 49.9 Å². The molecular formula is C22H24N2O3. The van der Waals surface area contributed by atoms with Gasteiger partial charge in [-0.15, -0.1) is 0 Å². The van der Waals surface area contributed by atoms with Gasteiger partial charge >= 0.3 is 0 Å². The first-order chi connectivity index (χ1) is 13.0. The van der Waals surface area contributed by atoms with Gasteiger partial charge in [0, 0.05) is 31.4 Å². The molecule has 27 heavy (non-hydrogen) atoms. The second-order valence-corrected chi connectivity index (χ2v) is 6.61. The van der Waals surface area contributed by atoms with Crippen LogP contribution in [0.25, 0.3) is 0 Å². The lowest BCUT2D eigenvalue weighted by atomic mass is 9.95. The molecule has 0 atom stereocenters. The fraction of sp³-hybridized carbons (Fsp3) is 0.273. The molecule has 0 aliphatic carbocycles. The Bertz CT molecular complexity index is 876. The molecule has 3 rings (SSSR count). The maximum absolute atomic E-state index is 13.1. The minimum absolute atomic E-state index is 0.0532. The third-order valence-corrected chi connectivity index (χ3v) is 4.82. The van der Waals surface area contributed by atoms with Crippen molar-refractivity contribution in [2.75, 3.05) is 25.6 Å². The van der Waals surface area contributed by atoms with Crippen molar-refractivity contribution in [3.05, 3.63) is 71.8 Å².